The van der Waals surface area contributed by atoms with Crippen molar-refractivity contribution >= 4 is 11.9 Å². The Morgan fingerprint density at radius 2 is 2.03 bits per heavy atom. The topological polar surface area (TPSA) is 96.7 Å². The molecule has 1 unspecified atom stereocenters. The zero-order valence-corrected chi connectivity index (χ0v) is 18.9. The van der Waals surface area contributed by atoms with Gasteiger partial charge >= 0.3 is 6.03 Å². The molecule has 2 aromatic rings. The number of hydrogen-bond acceptors (Lipinski definition) is 5. The molecule has 3 heterocycles. The van der Waals surface area contributed by atoms with Crippen molar-refractivity contribution in [2.75, 3.05) is 19.7 Å². The van der Waals surface area contributed by atoms with Crippen molar-refractivity contribution < 1.29 is 28.2 Å². The molecule has 8 nitrogen and oxygen atoms in total. The van der Waals surface area contributed by atoms with E-state index >= 15 is 0 Å². The first-order valence-electron chi connectivity index (χ1n) is 11.0. The normalized spacial score (nSPS) is 19.3. The van der Waals surface area contributed by atoms with Crippen molar-refractivity contribution in [2.24, 2.45) is 5.41 Å². The predicted octanol–water partition coefficient (Wildman–Crippen LogP) is 2.47. The highest BCUT2D eigenvalue weighted by molar-refractivity contribution is 5.89. The van der Waals surface area contributed by atoms with Gasteiger partial charge in [0.25, 0.3) is 0 Å². The number of aliphatic hydroxyl groups excluding tert-OH is 1. The lowest BCUT2D eigenvalue weighted by molar-refractivity contribution is -0.135. The van der Waals surface area contributed by atoms with E-state index in [4.69, 9.17) is 4.74 Å². The van der Waals surface area contributed by atoms with Gasteiger partial charge in [-0.15, -0.1) is 0 Å². The number of benzene rings is 1. The first-order chi connectivity index (χ1) is 15.6. The van der Waals surface area contributed by atoms with Crippen LogP contribution in [0.5, 0.6) is 0 Å². The van der Waals surface area contributed by atoms with Gasteiger partial charge in [0.2, 0.25) is 5.91 Å². The van der Waals surface area contributed by atoms with Gasteiger partial charge in [-0.2, -0.15) is 9.78 Å². The standard InChI is InChI=1S/C23H28F2N4O4/c1-23(2,3)20(21(31)28-8-6-14(30)11-28)26-22(32)29-18-7-9-33-12-15(18)19(27-29)13-4-5-16(24)17(25)10-13/h4-5,10,14,20,30H,6-9,11-12H2,1-3H3,(H,26,32)/t14-,20?/m0/s1. The van der Waals surface area contributed by atoms with E-state index in [1.54, 1.807) is 4.90 Å². The maximum atomic E-state index is 13.8. The SMILES string of the molecule is CC(C)(C)C(NC(=O)n1nc(-c2ccc(F)c(F)c2)c2c1CCOC2)C(=O)N1CC[C@H](O)C1. The van der Waals surface area contributed by atoms with Gasteiger partial charge in [-0.1, -0.05) is 20.8 Å². The third kappa shape index (κ3) is 4.63. The molecule has 33 heavy (non-hydrogen) atoms. The van der Waals surface area contributed by atoms with Crippen LogP contribution >= 0.6 is 0 Å². The second-order valence-electron chi connectivity index (χ2n) is 9.59. The Morgan fingerprint density at radius 1 is 1.27 bits per heavy atom. The van der Waals surface area contributed by atoms with Crippen LogP contribution in [0.3, 0.4) is 0 Å². The lowest BCUT2D eigenvalue weighted by Gasteiger charge is -2.33. The Labute approximate surface area is 190 Å². The number of β-amino-alcohol motifs (C(OH)–C–C–N with tert-alkyl or cyclic N) is 1. The van der Waals surface area contributed by atoms with Crippen LogP contribution in [-0.4, -0.2) is 63.6 Å². The van der Waals surface area contributed by atoms with Gasteiger partial charge in [-0.05, 0) is 30.0 Å². The number of aliphatic hydroxyl groups is 1. The van der Waals surface area contributed by atoms with E-state index in [1.807, 2.05) is 20.8 Å². The quantitative estimate of drug-likeness (QED) is 0.731. The molecule has 10 heteroatoms. The average molecular weight is 462 g/mol. The van der Waals surface area contributed by atoms with Crippen LogP contribution in [0.2, 0.25) is 0 Å². The summed E-state index contributed by atoms with van der Waals surface area (Å²) in [6, 6.07) is 2.02. The number of amides is 2. The van der Waals surface area contributed by atoms with Crippen LogP contribution < -0.4 is 5.32 Å². The van der Waals surface area contributed by atoms with E-state index in [0.717, 1.165) is 12.1 Å². The third-order valence-electron chi connectivity index (χ3n) is 6.06. The van der Waals surface area contributed by atoms with E-state index in [-0.39, 0.29) is 19.1 Å². The number of hydrogen-bond donors (Lipinski definition) is 2. The highest BCUT2D eigenvalue weighted by Crippen LogP contribution is 2.30. The fourth-order valence-electron chi connectivity index (χ4n) is 4.24. The summed E-state index contributed by atoms with van der Waals surface area (Å²) in [5.41, 5.74) is 1.30. The zero-order chi connectivity index (χ0) is 23.9. The minimum atomic E-state index is -1.01. The predicted molar refractivity (Wildman–Crippen MR) is 115 cm³/mol. The minimum Gasteiger partial charge on any atom is -0.391 e. The summed E-state index contributed by atoms with van der Waals surface area (Å²) in [7, 11) is 0. The van der Waals surface area contributed by atoms with E-state index in [0.29, 0.717) is 48.5 Å². The smallest absolute Gasteiger partial charge is 0.343 e. The largest absolute Gasteiger partial charge is 0.391 e. The van der Waals surface area contributed by atoms with Crippen molar-refractivity contribution in [3.63, 3.8) is 0 Å². The number of ether oxygens (including phenoxy) is 1. The van der Waals surface area contributed by atoms with Crippen LogP contribution in [0.1, 0.15) is 38.4 Å². The van der Waals surface area contributed by atoms with Crippen molar-refractivity contribution in [2.45, 2.75) is 52.4 Å². The molecule has 2 aliphatic rings. The van der Waals surface area contributed by atoms with Gasteiger partial charge in [0, 0.05) is 30.6 Å². The molecule has 2 amide bonds. The zero-order valence-electron chi connectivity index (χ0n) is 18.9. The molecule has 0 aliphatic carbocycles. The van der Waals surface area contributed by atoms with E-state index in [2.05, 4.69) is 10.4 Å². The number of rotatable bonds is 3. The summed E-state index contributed by atoms with van der Waals surface area (Å²) in [6.07, 6.45) is 0.342. The monoisotopic (exact) mass is 462 g/mol. The minimum absolute atomic E-state index is 0.185. The van der Waals surface area contributed by atoms with Gasteiger partial charge in [0.1, 0.15) is 6.04 Å². The fraction of sp³-hybridized carbons (Fsp3) is 0.522. The number of carbonyl (C=O) groups is 2. The molecule has 2 N–H and O–H groups in total. The summed E-state index contributed by atoms with van der Waals surface area (Å²) in [5, 5.41) is 17.0. The molecule has 1 fully saturated rings. The van der Waals surface area contributed by atoms with Gasteiger partial charge in [-0.25, -0.2) is 13.6 Å². The van der Waals surface area contributed by atoms with Gasteiger partial charge in [0.05, 0.1) is 30.7 Å². The van der Waals surface area contributed by atoms with Crippen LogP contribution in [0.4, 0.5) is 13.6 Å². The van der Waals surface area contributed by atoms with Crippen molar-refractivity contribution in [1.29, 1.82) is 0 Å². The molecule has 2 aliphatic heterocycles. The van der Waals surface area contributed by atoms with Crippen molar-refractivity contribution in [1.82, 2.24) is 20.0 Å². The number of likely N-dealkylation sites (tertiary alicyclic amines) is 1. The summed E-state index contributed by atoms with van der Waals surface area (Å²) in [5.74, 6) is -2.25. The van der Waals surface area contributed by atoms with E-state index in [9.17, 15) is 23.5 Å². The molecule has 4 rings (SSSR count). The summed E-state index contributed by atoms with van der Waals surface area (Å²) in [4.78, 5) is 28.0. The summed E-state index contributed by atoms with van der Waals surface area (Å²) < 4.78 is 34.0. The molecule has 1 saturated heterocycles. The second kappa shape index (κ2) is 8.83. The Hall–Kier alpha value is -2.85. The molecule has 178 valence electrons. The fourth-order valence-corrected chi connectivity index (χ4v) is 4.24. The summed E-state index contributed by atoms with van der Waals surface area (Å²) in [6.45, 7) is 6.78. The Morgan fingerprint density at radius 3 is 2.67 bits per heavy atom. The van der Waals surface area contributed by atoms with Gasteiger partial charge in [-0.3, -0.25) is 4.79 Å². The molecule has 1 aromatic carbocycles. The number of nitrogens with zero attached hydrogens (tertiary/aromatic N) is 3. The Bertz CT molecular complexity index is 1080. The number of nitrogens with one attached hydrogen (secondary N) is 1. The van der Waals surface area contributed by atoms with E-state index in [1.165, 1.54) is 10.7 Å². The van der Waals surface area contributed by atoms with Crippen molar-refractivity contribution in [3.05, 3.63) is 41.1 Å². The third-order valence-corrected chi connectivity index (χ3v) is 6.06. The molecular weight excluding hydrogens is 434 g/mol. The number of fused-ring (bicyclic) bond motifs is 1. The van der Waals surface area contributed by atoms with Gasteiger partial charge in [0.15, 0.2) is 11.6 Å². The average Bonchev–Trinajstić information content (AvgIpc) is 3.36. The van der Waals surface area contributed by atoms with Crippen LogP contribution in [0.15, 0.2) is 18.2 Å². The van der Waals surface area contributed by atoms with Crippen LogP contribution in [0, 0.1) is 17.0 Å². The lowest BCUT2D eigenvalue weighted by atomic mass is 9.86. The van der Waals surface area contributed by atoms with Gasteiger partial charge < -0.3 is 20.1 Å². The molecule has 0 bridgehead atoms. The molecule has 2 atom stereocenters. The highest BCUT2D eigenvalue weighted by Gasteiger charge is 2.39. The lowest BCUT2D eigenvalue weighted by Crippen LogP contribution is -2.55. The number of carbonyl (C=O) groups excluding carboxylic acids is 2. The number of halogens is 2. The number of aromatic nitrogens is 2. The first-order valence-corrected chi connectivity index (χ1v) is 11.0. The molecule has 0 spiro atoms. The maximum Gasteiger partial charge on any atom is 0.343 e. The van der Waals surface area contributed by atoms with Crippen molar-refractivity contribution in [3.8, 4) is 11.3 Å². The molecule has 0 radical (unpaired) electrons. The molecular formula is C23H28F2N4O4. The molecule has 0 saturated carbocycles. The second-order valence-corrected chi connectivity index (χ2v) is 9.59. The first kappa shape index (κ1) is 23.3. The summed E-state index contributed by atoms with van der Waals surface area (Å²) >= 11 is 0. The Kier molecular flexibility index (Phi) is 6.24. The Balaban J connectivity index is 1.66. The van der Waals surface area contributed by atoms with E-state index < -0.39 is 35.2 Å². The van der Waals surface area contributed by atoms with Crippen LogP contribution in [-0.2, 0) is 22.6 Å². The maximum absolute atomic E-state index is 13.8. The van der Waals surface area contributed by atoms with Crippen LogP contribution in [0.25, 0.3) is 11.3 Å². The highest BCUT2D eigenvalue weighted by atomic mass is 19.2. The molecule has 1 aromatic heterocycles.